The second-order valence-electron chi connectivity index (χ2n) is 2.64. The Morgan fingerprint density at radius 1 is 1.54 bits per heavy atom. The van der Waals surface area contributed by atoms with Gasteiger partial charge >= 0.3 is 0 Å². The second-order valence-corrected chi connectivity index (χ2v) is 3.02. The molecule has 1 atom stereocenters. The number of phenols is 1. The summed E-state index contributed by atoms with van der Waals surface area (Å²) in [5, 5.41) is 9.05. The van der Waals surface area contributed by atoms with E-state index in [1.54, 1.807) is 0 Å². The molecule has 3 nitrogen and oxygen atoms in total. The van der Waals surface area contributed by atoms with E-state index in [0.29, 0.717) is 5.56 Å². The summed E-state index contributed by atoms with van der Waals surface area (Å²) >= 11 is 5.46. The molecule has 0 aromatic heterocycles. The van der Waals surface area contributed by atoms with Crippen molar-refractivity contribution in [2.45, 2.75) is 6.04 Å². The van der Waals surface area contributed by atoms with E-state index in [4.69, 9.17) is 23.1 Å². The lowest BCUT2D eigenvalue weighted by atomic mass is 10.1. The summed E-state index contributed by atoms with van der Waals surface area (Å²) in [5.41, 5.74) is 11.2. The fraction of sp³-hybridized carbons (Fsp3) is 0.250. The number of hydrogen-bond donors (Lipinski definition) is 3. The number of aromatic hydroxyl groups is 1. The van der Waals surface area contributed by atoms with E-state index in [9.17, 15) is 9.50 Å². The van der Waals surface area contributed by atoms with Crippen molar-refractivity contribution in [3.05, 3.63) is 28.5 Å². The zero-order valence-corrected chi connectivity index (χ0v) is 7.55. The molecule has 0 unspecified atom stereocenters. The van der Waals surface area contributed by atoms with Gasteiger partial charge in [0.05, 0.1) is 0 Å². The molecule has 1 aromatic rings. The maximum Gasteiger partial charge on any atom is 0.145 e. The number of rotatable bonds is 2. The summed E-state index contributed by atoms with van der Waals surface area (Å²) in [5.74, 6) is -1.01. The molecule has 13 heavy (non-hydrogen) atoms. The molecule has 0 aliphatic carbocycles. The van der Waals surface area contributed by atoms with Gasteiger partial charge in [-0.15, -0.1) is 0 Å². The number of benzene rings is 1. The Balaban J connectivity index is 3.18. The average Bonchev–Trinajstić information content (AvgIpc) is 2.13. The van der Waals surface area contributed by atoms with E-state index < -0.39 is 11.9 Å². The Morgan fingerprint density at radius 3 is 2.69 bits per heavy atom. The monoisotopic (exact) mass is 204 g/mol. The molecule has 0 spiro atoms. The number of hydrogen-bond acceptors (Lipinski definition) is 3. The van der Waals surface area contributed by atoms with Gasteiger partial charge in [0.25, 0.3) is 0 Å². The largest absolute Gasteiger partial charge is 0.506 e. The van der Waals surface area contributed by atoms with Crippen molar-refractivity contribution >= 4 is 11.6 Å². The van der Waals surface area contributed by atoms with Crippen molar-refractivity contribution in [3.8, 4) is 5.75 Å². The first-order valence-electron chi connectivity index (χ1n) is 3.70. The summed E-state index contributed by atoms with van der Waals surface area (Å²) in [4.78, 5) is 0. The van der Waals surface area contributed by atoms with E-state index in [-0.39, 0.29) is 17.3 Å². The van der Waals surface area contributed by atoms with E-state index >= 15 is 0 Å². The van der Waals surface area contributed by atoms with Crippen LogP contribution in [0.1, 0.15) is 11.6 Å². The highest BCUT2D eigenvalue weighted by atomic mass is 35.5. The third kappa shape index (κ3) is 1.91. The lowest BCUT2D eigenvalue weighted by Crippen LogP contribution is -2.20. The minimum Gasteiger partial charge on any atom is -0.506 e. The van der Waals surface area contributed by atoms with E-state index in [1.807, 2.05) is 0 Å². The maximum absolute atomic E-state index is 12.8. The van der Waals surface area contributed by atoms with E-state index in [2.05, 4.69) is 0 Å². The van der Waals surface area contributed by atoms with Crippen LogP contribution in [0.4, 0.5) is 4.39 Å². The molecule has 0 heterocycles. The highest BCUT2D eigenvalue weighted by molar-refractivity contribution is 6.32. The van der Waals surface area contributed by atoms with Crippen molar-refractivity contribution in [2.24, 2.45) is 11.5 Å². The van der Waals surface area contributed by atoms with Gasteiger partial charge in [0.2, 0.25) is 0 Å². The smallest absolute Gasteiger partial charge is 0.145 e. The highest BCUT2D eigenvalue weighted by Gasteiger charge is 2.14. The average molecular weight is 205 g/mol. The highest BCUT2D eigenvalue weighted by Crippen LogP contribution is 2.32. The molecule has 0 saturated carbocycles. The van der Waals surface area contributed by atoms with E-state index in [1.165, 1.54) is 6.07 Å². The Hall–Kier alpha value is -0.840. The molecule has 0 saturated heterocycles. The maximum atomic E-state index is 12.8. The summed E-state index contributed by atoms with van der Waals surface area (Å²) in [6.07, 6.45) is 0. The van der Waals surface area contributed by atoms with Crippen LogP contribution in [0.25, 0.3) is 0 Å². The van der Waals surface area contributed by atoms with Crippen molar-refractivity contribution < 1.29 is 9.50 Å². The standard InChI is InChI=1S/C8H10ClFN2O/c9-7-5(10)2-1-4(8(7)13)6(12)3-11/h1-2,6,13H,3,11-12H2/t6-/m0/s1. The van der Waals surface area contributed by atoms with Crippen LogP contribution in [0.3, 0.4) is 0 Å². The van der Waals surface area contributed by atoms with Crippen molar-refractivity contribution in [1.29, 1.82) is 0 Å². The summed E-state index contributed by atoms with van der Waals surface area (Å²) in [6, 6.07) is 1.99. The summed E-state index contributed by atoms with van der Waals surface area (Å²) < 4.78 is 12.8. The van der Waals surface area contributed by atoms with Gasteiger partial charge in [0.1, 0.15) is 16.6 Å². The van der Waals surface area contributed by atoms with Crippen LogP contribution in [0, 0.1) is 5.82 Å². The van der Waals surface area contributed by atoms with Crippen LogP contribution in [0.5, 0.6) is 5.75 Å². The molecule has 5 N–H and O–H groups in total. The van der Waals surface area contributed by atoms with Gasteiger partial charge in [-0.3, -0.25) is 0 Å². The molecule has 1 aromatic carbocycles. The molecule has 0 bridgehead atoms. The zero-order chi connectivity index (χ0) is 10.0. The number of nitrogens with two attached hydrogens (primary N) is 2. The van der Waals surface area contributed by atoms with Crippen LogP contribution in [0.2, 0.25) is 5.02 Å². The molecule has 72 valence electrons. The minimum absolute atomic E-state index is 0.162. The van der Waals surface area contributed by atoms with Gasteiger partial charge in [0.15, 0.2) is 0 Å². The van der Waals surface area contributed by atoms with Crippen molar-refractivity contribution in [2.75, 3.05) is 6.54 Å². The fourth-order valence-corrected chi connectivity index (χ4v) is 1.15. The Kier molecular flexibility index (Phi) is 3.08. The van der Waals surface area contributed by atoms with Gasteiger partial charge in [-0.25, -0.2) is 4.39 Å². The second kappa shape index (κ2) is 3.91. The topological polar surface area (TPSA) is 72.3 Å². The van der Waals surface area contributed by atoms with Crippen LogP contribution < -0.4 is 11.5 Å². The van der Waals surface area contributed by atoms with E-state index in [0.717, 1.165) is 6.07 Å². The van der Waals surface area contributed by atoms with Crippen LogP contribution in [0.15, 0.2) is 12.1 Å². The van der Waals surface area contributed by atoms with Crippen molar-refractivity contribution in [3.63, 3.8) is 0 Å². The van der Waals surface area contributed by atoms with Crippen LogP contribution in [-0.4, -0.2) is 11.7 Å². The predicted molar refractivity (Wildman–Crippen MR) is 49.1 cm³/mol. The lowest BCUT2D eigenvalue weighted by Gasteiger charge is -2.12. The number of phenolic OH excluding ortho intramolecular Hbond substituents is 1. The minimum atomic E-state index is -0.674. The normalized spacial score (nSPS) is 12.9. The molecule has 5 heteroatoms. The number of halogens is 2. The van der Waals surface area contributed by atoms with Crippen molar-refractivity contribution in [1.82, 2.24) is 0 Å². The van der Waals surface area contributed by atoms with Crippen LogP contribution >= 0.6 is 11.6 Å². The van der Waals surface area contributed by atoms with Gasteiger partial charge in [-0.05, 0) is 6.07 Å². The molecular weight excluding hydrogens is 195 g/mol. The molecule has 0 aliphatic heterocycles. The first-order chi connectivity index (χ1) is 6.07. The fourth-order valence-electron chi connectivity index (χ4n) is 0.981. The SMILES string of the molecule is NC[C@H](N)c1ccc(F)c(Cl)c1O. The Bertz CT molecular complexity index is 319. The predicted octanol–water partition coefficient (Wildman–Crippen LogP) is 1.14. The molecule has 0 fully saturated rings. The quantitative estimate of drug-likeness (QED) is 0.677. The molecule has 0 aliphatic rings. The summed E-state index contributed by atoms with van der Waals surface area (Å²) in [7, 11) is 0. The third-order valence-corrected chi connectivity index (χ3v) is 2.11. The summed E-state index contributed by atoms with van der Waals surface area (Å²) in [6.45, 7) is 0.162. The van der Waals surface area contributed by atoms with Gasteiger partial charge in [-0.1, -0.05) is 17.7 Å². The molecule has 0 amide bonds. The lowest BCUT2D eigenvalue weighted by molar-refractivity contribution is 0.456. The zero-order valence-electron chi connectivity index (χ0n) is 6.80. The van der Waals surface area contributed by atoms with Gasteiger partial charge < -0.3 is 16.6 Å². The third-order valence-electron chi connectivity index (χ3n) is 1.75. The molecular formula is C8H10ClFN2O. The molecule has 0 radical (unpaired) electrons. The molecule has 1 rings (SSSR count). The van der Waals surface area contributed by atoms with Gasteiger partial charge in [0, 0.05) is 18.2 Å². The first-order valence-corrected chi connectivity index (χ1v) is 4.08. The first kappa shape index (κ1) is 10.2. The van der Waals surface area contributed by atoms with Gasteiger partial charge in [-0.2, -0.15) is 0 Å². The Morgan fingerprint density at radius 2 is 2.15 bits per heavy atom. The Labute approximate surface area is 80.1 Å². The van der Waals surface area contributed by atoms with Crippen LogP contribution in [-0.2, 0) is 0 Å².